The van der Waals surface area contributed by atoms with E-state index in [1.54, 1.807) is 4.90 Å². The molecular weight excluding hydrogens is 340 g/mol. The largest absolute Gasteiger partial charge is 0.444 e. The third-order valence-corrected chi connectivity index (χ3v) is 4.32. The van der Waals surface area contributed by atoms with E-state index in [0.717, 1.165) is 24.8 Å². The molecule has 1 aliphatic heterocycles. The summed E-state index contributed by atoms with van der Waals surface area (Å²) in [6.07, 6.45) is 2.03. The van der Waals surface area contributed by atoms with Gasteiger partial charge in [-0.25, -0.2) is 4.79 Å². The van der Waals surface area contributed by atoms with Crippen molar-refractivity contribution in [2.75, 3.05) is 19.6 Å². The lowest BCUT2D eigenvalue weighted by atomic mass is 9.97. The Morgan fingerprint density at radius 1 is 1.28 bits per heavy atom. The summed E-state index contributed by atoms with van der Waals surface area (Å²) < 4.78 is 5.40. The molecule has 138 valence electrons. The molecule has 0 spiro atoms. The Balaban J connectivity index is 1.78. The van der Waals surface area contributed by atoms with Crippen molar-refractivity contribution in [3.63, 3.8) is 0 Å². The number of piperidine rings is 1. The van der Waals surface area contributed by atoms with Crippen LogP contribution in [0.2, 0.25) is 5.02 Å². The van der Waals surface area contributed by atoms with Gasteiger partial charge in [-0.1, -0.05) is 23.7 Å². The van der Waals surface area contributed by atoms with E-state index in [9.17, 15) is 9.59 Å². The lowest BCUT2D eigenvalue weighted by Gasteiger charge is -2.33. The van der Waals surface area contributed by atoms with Gasteiger partial charge in [-0.05, 0) is 57.7 Å². The van der Waals surface area contributed by atoms with Crippen LogP contribution in [-0.2, 0) is 16.0 Å². The summed E-state index contributed by atoms with van der Waals surface area (Å²) in [5.41, 5.74) is 0.605. The van der Waals surface area contributed by atoms with E-state index in [0.29, 0.717) is 24.7 Å². The summed E-state index contributed by atoms with van der Waals surface area (Å²) in [6.45, 7) is 7.16. The lowest BCUT2D eigenvalue weighted by molar-refractivity contribution is -0.126. The zero-order valence-corrected chi connectivity index (χ0v) is 15.9. The average Bonchev–Trinajstić information content (AvgIpc) is 2.55. The molecule has 1 fully saturated rings. The standard InChI is InChI=1S/C19H27ClN2O3/c1-19(2,3)25-18(24)22-12-4-5-15(13-22)17(23)21-11-10-14-6-8-16(20)9-7-14/h6-9,15H,4-5,10-13H2,1-3H3,(H,21,23)/t15-/m1/s1. The number of nitrogens with zero attached hydrogens (tertiary/aromatic N) is 1. The molecule has 1 saturated heterocycles. The molecule has 1 heterocycles. The second-order valence-electron chi connectivity index (χ2n) is 7.43. The van der Waals surface area contributed by atoms with Crippen molar-refractivity contribution in [3.8, 4) is 0 Å². The molecule has 1 aromatic carbocycles. The molecule has 25 heavy (non-hydrogen) atoms. The fourth-order valence-electron chi connectivity index (χ4n) is 2.81. The molecule has 2 amide bonds. The molecule has 0 saturated carbocycles. The fourth-order valence-corrected chi connectivity index (χ4v) is 2.93. The number of rotatable bonds is 4. The maximum Gasteiger partial charge on any atom is 0.410 e. The molecule has 5 nitrogen and oxygen atoms in total. The van der Waals surface area contributed by atoms with Crippen LogP contribution in [0.1, 0.15) is 39.2 Å². The minimum atomic E-state index is -0.523. The highest BCUT2D eigenvalue weighted by Crippen LogP contribution is 2.19. The van der Waals surface area contributed by atoms with E-state index in [1.165, 1.54) is 0 Å². The average molecular weight is 367 g/mol. The van der Waals surface area contributed by atoms with Crippen molar-refractivity contribution in [2.24, 2.45) is 5.92 Å². The van der Waals surface area contributed by atoms with Gasteiger partial charge < -0.3 is 15.0 Å². The van der Waals surface area contributed by atoms with E-state index < -0.39 is 5.60 Å². The number of nitrogens with one attached hydrogen (secondary N) is 1. The Labute approximate surface area is 154 Å². The third-order valence-electron chi connectivity index (χ3n) is 4.07. The molecule has 0 aliphatic carbocycles. The molecule has 1 atom stereocenters. The molecule has 1 aromatic rings. The Morgan fingerprint density at radius 3 is 2.60 bits per heavy atom. The molecule has 2 rings (SSSR count). The van der Waals surface area contributed by atoms with E-state index in [4.69, 9.17) is 16.3 Å². The molecule has 1 aliphatic rings. The lowest BCUT2D eigenvalue weighted by Crippen LogP contribution is -2.47. The van der Waals surface area contributed by atoms with Crippen molar-refractivity contribution in [2.45, 2.75) is 45.6 Å². The molecule has 0 unspecified atom stereocenters. The summed E-state index contributed by atoms with van der Waals surface area (Å²) in [4.78, 5) is 26.2. The van der Waals surface area contributed by atoms with Crippen LogP contribution in [0.3, 0.4) is 0 Å². The van der Waals surface area contributed by atoms with Crippen molar-refractivity contribution in [1.29, 1.82) is 0 Å². The van der Waals surface area contributed by atoms with Gasteiger partial charge in [0, 0.05) is 24.7 Å². The van der Waals surface area contributed by atoms with Gasteiger partial charge in [0.15, 0.2) is 0 Å². The minimum Gasteiger partial charge on any atom is -0.444 e. The number of halogens is 1. The van der Waals surface area contributed by atoms with Gasteiger partial charge in [-0.3, -0.25) is 4.79 Å². The third kappa shape index (κ3) is 6.58. The van der Waals surface area contributed by atoms with Crippen LogP contribution in [0, 0.1) is 5.92 Å². The number of benzene rings is 1. The van der Waals surface area contributed by atoms with Crippen molar-refractivity contribution < 1.29 is 14.3 Å². The first-order valence-electron chi connectivity index (χ1n) is 8.75. The van der Waals surface area contributed by atoms with Gasteiger partial charge >= 0.3 is 6.09 Å². The van der Waals surface area contributed by atoms with Gasteiger partial charge in [0.25, 0.3) is 0 Å². The SMILES string of the molecule is CC(C)(C)OC(=O)N1CCC[C@@H](C(=O)NCCc2ccc(Cl)cc2)C1. The van der Waals surface area contributed by atoms with E-state index in [-0.39, 0.29) is 17.9 Å². The first-order chi connectivity index (χ1) is 11.7. The van der Waals surface area contributed by atoms with Crippen molar-refractivity contribution >= 4 is 23.6 Å². The van der Waals surface area contributed by atoms with Crippen LogP contribution >= 0.6 is 11.6 Å². The summed E-state index contributed by atoms with van der Waals surface area (Å²) in [5, 5.41) is 3.68. The number of amides is 2. The monoisotopic (exact) mass is 366 g/mol. The van der Waals surface area contributed by atoms with E-state index >= 15 is 0 Å². The molecule has 1 N–H and O–H groups in total. The number of carbonyl (C=O) groups is 2. The summed E-state index contributed by atoms with van der Waals surface area (Å²) >= 11 is 5.86. The summed E-state index contributed by atoms with van der Waals surface area (Å²) in [5.74, 6) is -0.172. The molecule has 0 radical (unpaired) electrons. The van der Waals surface area contributed by atoms with Crippen LogP contribution in [0.25, 0.3) is 0 Å². The maximum absolute atomic E-state index is 12.4. The smallest absolute Gasteiger partial charge is 0.410 e. The van der Waals surface area contributed by atoms with Crippen LogP contribution in [0.15, 0.2) is 24.3 Å². The first kappa shape index (κ1) is 19.6. The van der Waals surface area contributed by atoms with Gasteiger partial charge in [0.1, 0.15) is 5.60 Å². The molecule has 0 aromatic heterocycles. The number of hydrogen-bond acceptors (Lipinski definition) is 3. The van der Waals surface area contributed by atoms with Gasteiger partial charge in [0.2, 0.25) is 5.91 Å². The first-order valence-corrected chi connectivity index (χ1v) is 9.12. The normalized spacial score (nSPS) is 17.9. The minimum absolute atomic E-state index is 0.00206. The van der Waals surface area contributed by atoms with Crippen LogP contribution in [0.4, 0.5) is 4.79 Å². The highest BCUT2D eigenvalue weighted by Gasteiger charge is 2.30. The number of ether oxygens (including phenoxy) is 1. The quantitative estimate of drug-likeness (QED) is 0.884. The predicted octanol–water partition coefficient (Wildman–Crippen LogP) is 3.65. The fraction of sp³-hybridized carbons (Fsp3) is 0.579. The van der Waals surface area contributed by atoms with Gasteiger partial charge in [-0.2, -0.15) is 0 Å². The number of carbonyl (C=O) groups excluding carboxylic acids is 2. The van der Waals surface area contributed by atoms with Gasteiger partial charge in [-0.15, -0.1) is 0 Å². The zero-order chi connectivity index (χ0) is 18.4. The second kappa shape index (κ2) is 8.56. The van der Waals surface area contributed by atoms with Crippen LogP contribution in [-0.4, -0.2) is 42.1 Å². The molecule has 6 heteroatoms. The summed E-state index contributed by atoms with van der Waals surface area (Å²) in [6, 6.07) is 7.61. The molecule has 0 bridgehead atoms. The number of hydrogen-bond donors (Lipinski definition) is 1. The Bertz CT molecular complexity index is 596. The van der Waals surface area contributed by atoms with E-state index in [2.05, 4.69) is 5.32 Å². The summed E-state index contributed by atoms with van der Waals surface area (Å²) in [7, 11) is 0. The predicted molar refractivity (Wildman–Crippen MR) is 98.7 cm³/mol. The highest BCUT2D eigenvalue weighted by molar-refractivity contribution is 6.30. The number of likely N-dealkylation sites (tertiary alicyclic amines) is 1. The zero-order valence-electron chi connectivity index (χ0n) is 15.2. The highest BCUT2D eigenvalue weighted by atomic mass is 35.5. The van der Waals surface area contributed by atoms with Crippen molar-refractivity contribution in [3.05, 3.63) is 34.9 Å². The second-order valence-corrected chi connectivity index (χ2v) is 7.87. The van der Waals surface area contributed by atoms with Crippen LogP contribution < -0.4 is 5.32 Å². The van der Waals surface area contributed by atoms with Crippen molar-refractivity contribution in [1.82, 2.24) is 10.2 Å². The van der Waals surface area contributed by atoms with Crippen LogP contribution in [0.5, 0.6) is 0 Å². The topological polar surface area (TPSA) is 58.6 Å². The van der Waals surface area contributed by atoms with Gasteiger partial charge in [0.05, 0.1) is 5.92 Å². The Hall–Kier alpha value is -1.75. The Morgan fingerprint density at radius 2 is 1.96 bits per heavy atom. The van der Waals surface area contributed by atoms with E-state index in [1.807, 2.05) is 45.0 Å². The molecular formula is C19H27ClN2O3. The Kier molecular flexibility index (Phi) is 6.71. The maximum atomic E-state index is 12.4.